The van der Waals surface area contributed by atoms with E-state index in [1.165, 1.54) is 0 Å². The summed E-state index contributed by atoms with van der Waals surface area (Å²) in [5.41, 5.74) is 0.649. The van der Waals surface area contributed by atoms with E-state index in [0.29, 0.717) is 28.1 Å². The SMILES string of the molecule is CCCC(C(=O)OCC)C(O)c1ccc(Cl)cc1Br. The largest absolute Gasteiger partial charge is 0.466 e. The second-order valence-electron chi connectivity index (χ2n) is 4.26. The molecule has 0 radical (unpaired) electrons. The van der Waals surface area contributed by atoms with Crippen molar-refractivity contribution in [3.63, 3.8) is 0 Å². The number of ether oxygens (including phenoxy) is 1. The number of carbonyl (C=O) groups excluding carboxylic acids is 1. The van der Waals surface area contributed by atoms with Crippen LogP contribution in [0.5, 0.6) is 0 Å². The average molecular weight is 350 g/mol. The fourth-order valence-electron chi connectivity index (χ4n) is 1.92. The Morgan fingerprint density at radius 1 is 1.47 bits per heavy atom. The summed E-state index contributed by atoms with van der Waals surface area (Å²) in [5, 5.41) is 11.0. The molecule has 0 saturated carbocycles. The monoisotopic (exact) mass is 348 g/mol. The number of hydrogen-bond donors (Lipinski definition) is 1. The Balaban J connectivity index is 2.98. The van der Waals surface area contributed by atoms with Gasteiger partial charge in [-0.3, -0.25) is 4.79 Å². The lowest BCUT2D eigenvalue weighted by molar-refractivity contribution is -0.152. The Labute approximate surface area is 127 Å². The Kier molecular flexibility index (Phi) is 6.83. The van der Waals surface area contributed by atoms with Gasteiger partial charge in [0.15, 0.2) is 0 Å². The van der Waals surface area contributed by atoms with Crippen molar-refractivity contribution < 1.29 is 14.6 Å². The number of hydrogen-bond acceptors (Lipinski definition) is 3. The van der Waals surface area contributed by atoms with E-state index < -0.39 is 12.0 Å². The molecule has 0 heterocycles. The Bertz CT molecular complexity index is 437. The van der Waals surface area contributed by atoms with Crippen LogP contribution in [0.4, 0.5) is 0 Å². The third-order valence-corrected chi connectivity index (χ3v) is 3.77. The van der Waals surface area contributed by atoms with Gasteiger partial charge in [-0.25, -0.2) is 0 Å². The molecule has 0 aromatic heterocycles. The molecule has 5 heteroatoms. The van der Waals surface area contributed by atoms with Gasteiger partial charge in [-0.05, 0) is 31.0 Å². The van der Waals surface area contributed by atoms with Gasteiger partial charge < -0.3 is 9.84 Å². The molecule has 0 aliphatic carbocycles. The molecule has 0 bridgehead atoms. The first-order chi connectivity index (χ1) is 9.01. The molecule has 0 aliphatic heterocycles. The Morgan fingerprint density at radius 2 is 2.16 bits per heavy atom. The minimum atomic E-state index is -0.898. The maximum absolute atomic E-state index is 11.9. The minimum Gasteiger partial charge on any atom is -0.466 e. The summed E-state index contributed by atoms with van der Waals surface area (Å²) in [7, 11) is 0. The Morgan fingerprint density at radius 3 is 2.68 bits per heavy atom. The fraction of sp³-hybridized carbons (Fsp3) is 0.500. The molecular weight excluding hydrogens is 332 g/mol. The van der Waals surface area contributed by atoms with Crippen LogP contribution in [0.25, 0.3) is 0 Å². The van der Waals surface area contributed by atoms with E-state index in [1.54, 1.807) is 25.1 Å². The van der Waals surface area contributed by atoms with Gasteiger partial charge in [0.05, 0.1) is 18.6 Å². The number of benzene rings is 1. The highest BCUT2D eigenvalue weighted by atomic mass is 79.9. The molecule has 1 N–H and O–H groups in total. The molecule has 0 aliphatic rings. The van der Waals surface area contributed by atoms with Gasteiger partial charge in [-0.2, -0.15) is 0 Å². The van der Waals surface area contributed by atoms with E-state index in [-0.39, 0.29) is 5.97 Å². The van der Waals surface area contributed by atoms with Crippen LogP contribution in [0.15, 0.2) is 22.7 Å². The van der Waals surface area contributed by atoms with Gasteiger partial charge >= 0.3 is 5.97 Å². The predicted octanol–water partition coefficient (Wildman–Crippen LogP) is 4.12. The van der Waals surface area contributed by atoms with E-state index in [1.807, 2.05) is 6.92 Å². The second kappa shape index (κ2) is 7.88. The van der Waals surface area contributed by atoms with E-state index in [2.05, 4.69) is 15.9 Å². The summed E-state index contributed by atoms with van der Waals surface area (Å²) in [6, 6.07) is 5.12. The van der Waals surface area contributed by atoms with Crippen LogP contribution in [0, 0.1) is 5.92 Å². The van der Waals surface area contributed by atoms with E-state index in [4.69, 9.17) is 16.3 Å². The highest BCUT2D eigenvalue weighted by molar-refractivity contribution is 9.10. The van der Waals surface area contributed by atoms with Crippen LogP contribution in [0.2, 0.25) is 5.02 Å². The molecule has 1 aromatic rings. The quantitative estimate of drug-likeness (QED) is 0.786. The summed E-state index contributed by atoms with van der Waals surface area (Å²) in [4.78, 5) is 11.9. The molecule has 19 heavy (non-hydrogen) atoms. The van der Waals surface area contributed by atoms with E-state index in [9.17, 15) is 9.90 Å². The predicted molar refractivity (Wildman–Crippen MR) is 79.1 cm³/mol. The molecule has 2 atom stereocenters. The van der Waals surface area contributed by atoms with Crippen LogP contribution >= 0.6 is 27.5 Å². The van der Waals surface area contributed by atoms with E-state index >= 15 is 0 Å². The second-order valence-corrected chi connectivity index (χ2v) is 5.55. The molecule has 0 amide bonds. The minimum absolute atomic E-state index is 0.313. The maximum atomic E-state index is 11.9. The van der Waals surface area contributed by atoms with Crippen LogP contribution in [0.3, 0.4) is 0 Å². The van der Waals surface area contributed by atoms with Crippen LogP contribution in [-0.4, -0.2) is 17.7 Å². The summed E-state index contributed by atoms with van der Waals surface area (Å²) < 4.78 is 5.71. The number of aliphatic hydroxyl groups excluding tert-OH is 1. The van der Waals surface area contributed by atoms with Gasteiger partial charge in [-0.15, -0.1) is 0 Å². The number of halogens is 2. The highest BCUT2D eigenvalue weighted by Gasteiger charge is 2.29. The maximum Gasteiger partial charge on any atom is 0.311 e. The molecule has 1 rings (SSSR count). The molecule has 0 saturated heterocycles. The van der Waals surface area contributed by atoms with Crippen LogP contribution in [0.1, 0.15) is 38.4 Å². The highest BCUT2D eigenvalue weighted by Crippen LogP contribution is 2.33. The van der Waals surface area contributed by atoms with Crippen molar-refractivity contribution >= 4 is 33.5 Å². The first kappa shape index (κ1) is 16.5. The summed E-state index contributed by atoms with van der Waals surface area (Å²) >= 11 is 9.23. The molecule has 0 fully saturated rings. The van der Waals surface area contributed by atoms with Crippen molar-refractivity contribution in [2.75, 3.05) is 6.61 Å². The average Bonchev–Trinajstić information content (AvgIpc) is 2.35. The first-order valence-electron chi connectivity index (χ1n) is 6.30. The van der Waals surface area contributed by atoms with Gasteiger partial charge in [0.1, 0.15) is 0 Å². The lowest BCUT2D eigenvalue weighted by Gasteiger charge is -2.22. The number of rotatable bonds is 6. The fourth-order valence-corrected chi connectivity index (χ4v) is 2.84. The summed E-state index contributed by atoms with van der Waals surface area (Å²) in [6.07, 6.45) is 0.478. The third kappa shape index (κ3) is 4.48. The third-order valence-electron chi connectivity index (χ3n) is 2.85. The zero-order valence-corrected chi connectivity index (χ0v) is 13.4. The normalized spacial score (nSPS) is 13.9. The summed E-state index contributed by atoms with van der Waals surface area (Å²) in [6.45, 7) is 4.04. The first-order valence-corrected chi connectivity index (χ1v) is 7.48. The lowest BCUT2D eigenvalue weighted by atomic mass is 9.92. The topological polar surface area (TPSA) is 46.5 Å². The zero-order chi connectivity index (χ0) is 14.4. The van der Waals surface area contributed by atoms with Crippen LogP contribution < -0.4 is 0 Å². The van der Waals surface area contributed by atoms with Crippen molar-refractivity contribution in [1.29, 1.82) is 0 Å². The molecular formula is C14H18BrClO3. The molecule has 106 valence electrons. The van der Waals surface area contributed by atoms with Crippen molar-refractivity contribution in [2.24, 2.45) is 5.92 Å². The van der Waals surface area contributed by atoms with Crippen molar-refractivity contribution in [1.82, 2.24) is 0 Å². The van der Waals surface area contributed by atoms with Gasteiger partial charge in [-0.1, -0.05) is 46.9 Å². The molecule has 2 unspecified atom stereocenters. The summed E-state index contributed by atoms with van der Waals surface area (Å²) in [5.74, 6) is -0.916. The standard InChI is InChI=1S/C14H18BrClO3/c1-3-5-11(14(18)19-4-2)13(17)10-7-6-9(16)8-12(10)15/h6-8,11,13,17H,3-5H2,1-2H3. The molecule has 3 nitrogen and oxygen atoms in total. The number of carbonyl (C=O) groups is 1. The van der Waals surface area contributed by atoms with Crippen molar-refractivity contribution in [3.05, 3.63) is 33.3 Å². The van der Waals surface area contributed by atoms with Crippen molar-refractivity contribution in [3.8, 4) is 0 Å². The molecule has 1 aromatic carbocycles. The Hall–Kier alpha value is -0.580. The van der Waals surface area contributed by atoms with E-state index in [0.717, 1.165) is 6.42 Å². The lowest BCUT2D eigenvalue weighted by Crippen LogP contribution is -2.24. The smallest absolute Gasteiger partial charge is 0.311 e. The van der Waals surface area contributed by atoms with Crippen molar-refractivity contribution in [2.45, 2.75) is 32.8 Å². The van der Waals surface area contributed by atoms with Gasteiger partial charge in [0.2, 0.25) is 0 Å². The number of esters is 1. The number of aliphatic hydroxyl groups is 1. The molecule has 0 spiro atoms. The zero-order valence-electron chi connectivity index (χ0n) is 11.0. The van der Waals surface area contributed by atoms with Gasteiger partial charge in [0.25, 0.3) is 0 Å². The van der Waals surface area contributed by atoms with Gasteiger partial charge in [0, 0.05) is 9.50 Å². The van der Waals surface area contributed by atoms with Crippen LogP contribution in [-0.2, 0) is 9.53 Å².